The lowest BCUT2D eigenvalue weighted by Crippen LogP contribution is -2.34. The van der Waals surface area contributed by atoms with Crippen molar-refractivity contribution in [2.24, 2.45) is 0 Å². The van der Waals surface area contributed by atoms with E-state index in [0.717, 1.165) is 49.2 Å². The fourth-order valence-corrected chi connectivity index (χ4v) is 3.66. The number of aromatic nitrogens is 2. The highest BCUT2D eigenvalue weighted by Gasteiger charge is 2.33. The maximum absolute atomic E-state index is 12.2. The molecule has 1 aromatic carbocycles. The van der Waals surface area contributed by atoms with Gasteiger partial charge in [-0.1, -0.05) is 43.2 Å². The van der Waals surface area contributed by atoms with E-state index in [0.29, 0.717) is 6.54 Å². The molecule has 2 N–H and O–H groups in total. The highest BCUT2D eigenvalue weighted by Crippen LogP contribution is 2.32. The van der Waals surface area contributed by atoms with Crippen LogP contribution in [0.15, 0.2) is 30.3 Å². The fraction of sp³-hybridized carbons (Fsp3) is 0.500. The molecule has 0 atom stereocenters. The number of hydrogen-bond donors (Lipinski definition) is 2. The van der Waals surface area contributed by atoms with Crippen molar-refractivity contribution >= 4 is 5.91 Å². The lowest BCUT2D eigenvalue weighted by molar-refractivity contribution is -0.126. The monoisotopic (exact) mass is 341 g/mol. The largest absolute Gasteiger partial charge is 0.389 e. The zero-order valence-electron chi connectivity index (χ0n) is 15.1. The van der Waals surface area contributed by atoms with Crippen LogP contribution in [0.5, 0.6) is 0 Å². The molecule has 0 spiro atoms. The molecule has 1 saturated carbocycles. The first-order chi connectivity index (χ1) is 12.0. The van der Waals surface area contributed by atoms with E-state index in [4.69, 9.17) is 0 Å². The Labute approximate surface area is 149 Å². The summed E-state index contributed by atoms with van der Waals surface area (Å²) in [5.74, 6) is -0.0843. The molecule has 3 rings (SSSR count). The van der Waals surface area contributed by atoms with Gasteiger partial charge in [-0.05, 0) is 32.3 Å². The van der Waals surface area contributed by atoms with Crippen LogP contribution in [0, 0.1) is 13.8 Å². The van der Waals surface area contributed by atoms with Crippen LogP contribution in [0.2, 0.25) is 0 Å². The molecule has 5 heteroatoms. The lowest BCUT2D eigenvalue weighted by Gasteiger charge is -2.21. The summed E-state index contributed by atoms with van der Waals surface area (Å²) in [5.41, 5.74) is 3.47. The SMILES string of the molecule is Cc1nn(Cc2ccccc2)c(C)c1CNC(=O)CC1(O)CCCC1. The highest BCUT2D eigenvalue weighted by molar-refractivity contribution is 5.77. The van der Waals surface area contributed by atoms with E-state index in [2.05, 4.69) is 22.5 Å². The Balaban J connectivity index is 1.62. The van der Waals surface area contributed by atoms with Crippen molar-refractivity contribution in [2.75, 3.05) is 0 Å². The molecule has 0 aliphatic heterocycles. The molecule has 0 unspecified atom stereocenters. The smallest absolute Gasteiger partial charge is 0.223 e. The highest BCUT2D eigenvalue weighted by atomic mass is 16.3. The second-order valence-electron chi connectivity index (χ2n) is 7.18. The van der Waals surface area contributed by atoms with E-state index in [1.54, 1.807) is 0 Å². The van der Waals surface area contributed by atoms with E-state index in [1.165, 1.54) is 5.56 Å². The molecule has 1 aliphatic carbocycles. The second-order valence-corrected chi connectivity index (χ2v) is 7.18. The van der Waals surface area contributed by atoms with Crippen LogP contribution in [0.3, 0.4) is 0 Å². The quantitative estimate of drug-likeness (QED) is 0.849. The first kappa shape index (κ1) is 17.7. The van der Waals surface area contributed by atoms with Crippen LogP contribution in [0.1, 0.15) is 54.6 Å². The topological polar surface area (TPSA) is 67.2 Å². The molecule has 2 aromatic rings. The summed E-state index contributed by atoms with van der Waals surface area (Å²) in [6.07, 6.45) is 3.67. The van der Waals surface area contributed by atoms with Gasteiger partial charge in [0.05, 0.1) is 24.3 Å². The van der Waals surface area contributed by atoms with Crippen molar-refractivity contribution in [3.63, 3.8) is 0 Å². The van der Waals surface area contributed by atoms with E-state index < -0.39 is 5.60 Å². The number of aliphatic hydroxyl groups is 1. The number of nitrogens with zero attached hydrogens (tertiary/aromatic N) is 2. The van der Waals surface area contributed by atoms with Crippen LogP contribution in [0.25, 0.3) is 0 Å². The first-order valence-electron chi connectivity index (χ1n) is 9.03. The third kappa shape index (κ3) is 4.28. The molecule has 1 aliphatic rings. The van der Waals surface area contributed by atoms with Crippen LogP contribution in [-0.2, 0) is 17.9 Å². The van der Waals surface area contributed by atoms with Crippen molar-refractivity contribution in [1.29, 1.82) is 0 Å². The third-order valence-electron chi connectivity index (χ3n) is 5.19. The molecule has 25 heavy (non-hydrogen) atoms. The van der Waals surface area contributed by atoms with Gasteiger partial charge in [-0.15, -0.1) is 0 Å². The normalized spacial score (nSPS) is 16.1. The summed E-state index contributed by atoms with van der Waals surface area (Å²) in [4.78, 5) is 12.2. The van der Waals surface area contributed by atoms with E-state index in [1.807, 2.05) is 36.7 Å². The van der Waals surface area contributed by atoms with Gasteiger partial charge in [0.1, 0.15) is 0 Å². The molecule has 1 amide bonds. The van der Waals surface area contributed by atoms with Gasteiger partial charge in [0, 0.05) is 17.8 Å². The molecule has 134 valence electrons. The average Bonchev–Trinajstić information content (AvgIpc) is 3.11. The molecule has 5 nitrogen and oxygen atoms in total. The minimum absolute atomic E-state index is 0.0843. The molecule has 0 bridgehead atoms. The predicted octanol–water partition coefficient (Wildman–Crippen LogP) is 2.86. The molecular formula is C20H27N3O2. The van der Waals surface area contributed by atoms with Crippen molar-refractivity contribution in [3.05, 3.63) is 52.8 Å². The van der Waals surface area contributed by atoms with Gasteiger partial charge in [0.2, 0.25) is 5.91 Å². The molecule has 1 aromatic heterocycles. The van der Waals surface area contributed by atoms with E-state index in [-0.39, 0.29) is 12.3 Å². The Kier molecular flexibility index (Phi) is 5.23. The van der Waals surface area contributed by atoms with Gasteiger partial charge in [0.25, 0.3) is 0 Å². The number of carbonyl (C=O) groups excluding carboxylic acids is 1. The standard InChI is InChI=1S/C20H27N3O2/c1-15-18(13-21-19(24)12-20(25)10-6-7-11-20)16(2)23(22-15)14-17-8-4-3-5-9-17/h3-5,8-9,25H,6-7,10-14H2,1-2H3,(H,21,24). The van der Waals surface area contributed by atoms with Crippen molar-refractivity contribution in [1.82, 2.24) is 15.1 Å². The number of amides is 1. The van der Waals surface area contributed by atoms with Crippen LogP contribution < -0.4 is 5.32 Å². The summed E-state index contributed by atoms with van der Waals surface area (Å²) < 4.78 is 1.98. The molecular weight excluding hydrogens is 314 g/mol. The number of nitrogens with one attached hydrogen (secondary N) is 1. The molecule has 1 fully saturated rings. The Bertz CT molecular complexity index is 731. The Morgan fingerprint density at radius 3 is 2.60 bits per heavy atom. The van der Waals surface area contributed by atoms with Crippen LogP contribution >= 0.6 is 0 Å². The summed E-state index contributed by atoms with van der Waals surface area (Å²) in [7, 11) is 0. The van der Waals surface area contributed by atoms with Crippen LogP contribution in [-0.4, -0.2) is 26.4 Å². The fourth-order valence-electron chi connectivity index (χ4n) is 3.66. The minimum atomic E-state index is -0.800. The van der Waals surface area contributed by atoms with Gasteiger partial charge in [0.15, 0.2) is 0 Å². The molecule has 0 saturated heterocycles. The summed E-state index contributed by atoms with van der Waals surface area (Å²) in [5, 5.41) is 17.9. The number of benzene rings is 1. The number of carbonyl (C=O) groups is 1. The van der Waals surface area contributed by atoms with Gasteiger partial charge in [-0.25, -0.2) is 0 Å². The Hall–Kier alpha value is -2.14. The van der Waals surface area contributed by atoms with Crippen molar-refractivity contribution in [2.45, 2.75) is 64.6 Å². The zero-order chi connectivity index (χ0) is 17.9. The summed E-state index contributed by atoms with van der Waals surface area (Å²) >= 11 is 0. The van der Waals surface area contributed by atoms with E-state index in [9.17, 15) is 9.90 Å². The molecule has 0 radical (unpaired) electrons. The zero-order valence-corrected chi connectivity index (χ0v) is 15.1. The maximum Gasteiger partial charge on any atom is 0.223 e. The van der Waals surface area contributed by atoms with Crippen molar-refractivity contribution in [3.8, 4) is 0 Å². The van der Waals surface area contributed by atoms with Gasteiger partial charge < -0.3 is 10.4 Å². The third-order valence-corrected chi connectivity index (χ3v) is 5.19. The number of rotatable bonds is 6. The van der Waals surface area contributed by atoms with Gasteiger partial charge >= 0.3 is 0 Å². The Morgan fingerprint density at radius 2 is 1.92 bits per heavy atom. The summed E-state index contributed by atoms with van der Waals surface area (Å²) in [6, 6.07) is 10.2. The van der Waals surface area contributed by atoms with Crippen molar-refractivity contribution < 1.29 is 9.90 Å². The number of aryl methyl sites for hydroxylation is 1. The minimum Gasteiger partial charge on any atom is -0.389 e. The molecule has 1 heterocycles. The predicted molar refractivity (Wildman–Crippen MR) is 97.1 cm³/mol. The summed E-state index contributed by atoms with van der Waals surface area (Å²) in [6.45, 7) is 5.19. The second kappa shape index (κ2) is 7.40. The maximum atomic E-state index is 12.2. The first-order valence-corrected chi connectivity index (χ1v) is 9.03. The van der Waals surface area contributed by atoms with Gasteiger partial charge in [-0.3, -0.25) is 9.48 Å². The average molecular weight is 341 g/mol. The van der Waals surface area contributed by atoms with E-state index >= 15 is 0 Å². The number of hydrogen-bond acceptors (Lipinski definition) is 3. The van der Waals surface area contributed by atoms with Crippen LogP contribution in [0.4, 0.5) is 0 Å². The lowest BCUT2D eigenvalue weighted by atomic mass is 9.97. The Morgan fingerprint density at radius 1 is 1.24 bits per heavy atom. The van der Waals surface area contributed by atoms with Gasteiger partial charge in [-0.2, -0.15) is 5.10 Å².